The average molecular weight is 133 g/mol. The molecule has 1 atom stereocenters. The molecule has 1 heterocycles. The molecule has 1 aliphatic heterocycles. The molecule has 0 saturated carbocycles. The SMILES string of the molecule is O=C(O)OC1CCON1. The van der Waals surface area contributed by atoms with Gasteiger partial charge in [-0.1, -0.05) is 0 Å². The van der Waals surface area contributed by atoms with E-state index in [1.807, 2.05) is 0 Å². The van der Waals surface area contributed by atoms with E-state index in [9.17, 15) is 4.79 Å². The number of carbonyl (C=O) groups is 1. The topological polar surface area (TPSA) is 67.8 Å². The summed E-state index contributed by atoms with van der Waals surface area (Å²) in [5, 5.41) is 8.06. The van der Waals surface area contributed by atoms with Crippen molar-refractivity contribution < 1.29 is 19.5 Å². The van der Waals surface area contributed by atoms with Gasteiger partial charge in [-0.25, -0.2) is 4.79 Å². The highest BCUT2D eigenvalue weighted by Gasteiger charge is 2.18. The molecule has 2 N–H and O–H groups in total. The molecule has 0 aromatic heterocycles. The Morgan fingerprint density at radius 3 is 3.11 bits per heavy atom. The van der Waals surface area contributed by atoms with Crippen LogP contribution >= 0.6 is 0 Å². The summed E-state index contributed by atoms with van der Waals surface area (Å²) in [7, 11) is 0. The van der Waals surface area contributed by atoms with Crippen molar-refractivity contribution in [3.63, 3.8) is 0 Å². The highest BCUT2D eigenvalue weighted by Crippen LogP contribution is 2.01. The van der Waals surface area contributed by atoms with E-state index in [1.165, 1.54) is 0 Å². The first kappa shape index (κ1) is 6.31. The van der Waals surface area contributed by atoms with Crippen LogP contribution in [0.4, 0.5) is 4.79 Å². The Kier molecular flexibility index (Phi) is 1.86. The van der Waals surface area contributed by atoms with E-state index in [0.29, 0.717) is 13.0 Å². The van der Waals surface area contributed by atoms with Crippen molar-refractivity contribution in [3.8, 4) is 0 Å². The predicted octanol–water partition coefficient (Wildman–Crippen LogP) is -0.0680. The molecule has 1 aliphatic rings. The number of carboxylic acid groups (broad SMARTS) is 1. The van der Waals surface area contributed by atoms with E-state index >= 15 is 0 Å². The predicted molar refractivity (Wildman–Crippen MR) is 26.6 cm³/mol. The van der Waals surface area contributed by atoms with Gasteiger partial charge in [-0.15, -0.1) is 0 Å². The van der Waals surface area contributed by atoms with Crippen LogP contribution in [-0.4, -0.2) is 24.1 Å². The Bertz CT molecular complexity index is 109. The van der Waals surface area contributed by atoms with Crippen LogP contribution < -0.4 is 5.48 Å². The van der Waals surface area contributed by atoms with Gasteiger partial charge in [0, 0.05) is 6.42 Å². The maximum absolute atomic E-state index is 9.84. The van der Waals surface area contributed by atoms with Gasteiger partial charge in [-0.05, 0) is 0 Å². The van der Waals surface area contributed by atoms with Gasteiger partial charge in [-0.3, -0.25) is 4.84 Å². The van der Waals surface area contributed by atoms with E-state index in [2.05, 4.69) is 15.1 Å². The third-order valence-electron chi connectivity index (χ3n) is 0.940. The molecule has 1 unspecified atom stereocenters. The fourth-order valence-electron chi connectivity index (χ4n) is 0.581. The Labute approximate surface area is 51.5 Å². The first-order valence-electron chi connectivity index (χ1n) is 2.56. The quantitative estimate of drug-likeness (QED) is 0.490. The first-order chi connectivity index (χ1) is 4.29. The molecule has 0 aromatic carbocycles. The smallest absolute Gasteiger partial charge is 0.450 e. The summed E-state index contributed by atoms with van der Waals surface area (Å²) in [4.78, 5) is 14.5. The van der Waals surface area contributed by atoms with Crippen molar-refractivity contribution in [2.45, 2.75) is 12.6 Å². The average Bonchev–Trinajstić information content (AvgIpc) is 2.15. The molecule has 0 bridgehead atoms. The number of rotatable bonds is 1. The highest BCUT2D eigenvalue weighted by atomic mass is 16.7. The fourth-order valence-corrected chi connectivity index (χ4v) is 0.581. The minimum absolute atomic E-state index is 0.484. The number of hydroxylamine groups is 1. The molecule has 0 spiro atoms. The van der Waals surface area contributed by atoms with Crippen molar-refractivity contribution >= 4 is 6.16 Å². The fraction of sp³-hybridized carbons (Fsp3) is 0.750. The standard InChI is InChI=1S/C4H7NO4/c6-4(7)9-3-1-2-8-5-3/h3,5H,1-2H2,(H,6,7). The van der Waals surface area contributed by atoms with Crippen molar-refractivity contribution in [1.29, 1.82) is 0 Å². The minimum atomic E-state index is -1.28. The molecule has 5 nitrogen and oxygen atoms in total. The van der Waals surface area contributed by atoms with Gasteiger partial charge in [-0.2, -0.15) is 5.48 Å². The minimum Gasteiger partial charge on any atom is -0.450 e. The Morgan fingerprint density at radius 1 is 1.89 bits per heavy atom. The van der Waals surface area contributed by atoms with Crippen LogP contribution in [0.2, 0.25) is 0 Å². The molecular formula is C4H7NO4. The molecular weight excluding hydrogens is 126 g/mol. The summed E-state index contributed by atoms with van der Waals surface area (Å²) in [5.74, 6) is 0. The molecule has 5 heteroatoms. The van der Waals surface area contributed by atoms with Crippen molar-refractivity contribution in [3.05, 3.63) is 0 Å². The molecule has 0 aliphatic carbocycles. The lowest BCUT2D eigenvalue weighted by molar-refractivity contribution is -0.00804. The second-order valence-electron chi connectivity index (χ2n) is 1.63. The summed E-state index contributed by atoms with van der Waals surface area (Å²) in [6.45, 7) is 0.498. The molecule has 52 valence electrons. The van der Waals surface area contributed by atoms with Crippen LogP contribution in [0.3, 0.4) is 0 Å². The first-order valence-corrected chi connectivity index (χ1v) is 2.56. The van der Waals surface area contributed by atoms with Crippen LogP contribution in [0, 0.1) is 0 Å². The summed E-state index contributed by atoms with van der Waals surface area (Å²) in [6, 6.07) is 0. The van der Waals surface area contributed by atoms with Crippen molar-refractivity contribution in [1.82, 2.24) is 5.48 Å². The van der Waals surface area contributed by atoms with E-state index in [1.54, 1.807) is 0 Å². The van der Waals surface area contributed by atoms with Crippen LogP contribution in [-0.2, 0) is 9.57 Å². The largest absolute Gasteiger partial charge is 0.507 e. The number of hydrogen-bond donors (Lipinski definition) is 2. The Morgan fingerprint density at radius 2 is 2.67 bits per heavy atom. The molecule has 0 amide bonds. The number of hydrogen-bond acceptors (Lipinski definition) is 4. The van der Waals surface area contributed by atoms with E-state index in [4.69, 9.17) is 5.11 Å². The Balaban J connectivity index is 2.19. The van der Waals surface area contributed by atoms with Gasteiger partial charge in [0.05, 0.1) is 6.61 Å². The lowest BCUT2D eigenvalue weighted by atomic mass is 10.4. The molecule has 0 aromatic rings. The zero-order valence-electron chi connectivity index (χ0n) is 4.66. The number of nitrogens with one attached hydrogen (secondary N) is 1. The van der Waals surface area contributed by atoms with E-state index < -0.39 is 12.4 Å². The molecule has 9 heavy (non-hydrogen) atoms. The zero-order valence-corrected chi connectivity index (χ0v) is 4.66. The van der Waals surface area contributed by atoms with Gasteiger partial charge in [0.15, 0.2) is 6.23 Å². The van der Waals surface area contributed by atoms with Gasteiger partial charge in [0.2, 0.25) is 0 Å². The second-order valence-corrected chi connectivity index (χ2v) is 1.63. The van der Waals surface area contributed by atoms with Gasteiger partial charge in [0.1, 0.15) is 0 Å². The lowest BCUT2D eigenvalue weighted by Crippen LogP contribution is -2.25. The van der Waals surface area contributed by atoms with Crippen LogP contribution in [0.15, 0.2) is 0 Å². The summed E-state index contributed by atoms with van der Waals surface area (Å²) in [6.07, 6.45) is -1.19. The van der Waals surface area contributed by atoms with Gasteiger partial charge >= 0.3 is 6.16 Å². The summed E-state index contributed by atoms with van der Waals surface area (Å²) >= 11 is 0. The summed E-state index contributed by atoms with van der Waals surface area (Å²) in [5.41, 5.74) is 2.38. The third-order valence-corrected chi connectivity index (χ3v) is 0.940. The van der Waals surface area contributed by atoms with Crippen molar-refractivity contribution in [2.75, 3.05) is 6.61 Å². The maximum atomic E-state index is 9.84. The normalized spacial score (nSPS) is 26.0. The molecule has 0 radical (unpaired) electrons. The van der Waals surface area contributed by atoms with E-state index in [0.717, 1.165) is 0 Å². The highest BCUT2D eigenvalue weighted by molar-refractivity contribution is 5.56. The van der Waals surface area contributed by atoms with Gasteiger partial charge in [0.25, 0.3) is 0 Å². The van der Waals surface area contributed by atoms with Crippen LogP contribution in [0.1, 0.15) is 6.42 Å². The van der Waals surface area contributed by atoms with Crippen molar-refractivity contribution in [2.24, 2.45) is 0 Å². The number of ether oxygens (including phenoxy) is 1. The molecule has 1 saturated heterocycles. The van der Waals surface area contributed by atoms with Gasteiger partial charge < -0.3 is 9.84 Å². The lowest BCUT2D eigenvalue weighted by Gasteiger charge is -2.04. The molecule has 1 fully saturated rings. The summed E-state index contributed by atoms with van der Waals surface area (Å²) < 4.78 is 4.29. The third kappa shape index (κ3) is 1.87. The molecule has 1 rings (SSSR count). The second kappa shape index (κ2) is 2.65. The van der Waals surface area contributed by atoms with E-state index in [-0.39, 0.29) is 0 Å². The zero-order chi connectivity index (χ0) is 6.69. The maximum Gasteiger partial charge on any atom is 0.507 e. The van der Waals surface area contributed by atoms with Crippen LogP contribution in [0.25, 0.3) is 0 Å². The monoisotopic (exact) mass is 133 g/mol. The van der Waals surface area contributed by atoms with Crippen LogP contribution in [0.5, 0.6) is 0 Å². The Hall–Kier alpha value is -0.810.